The first-order valence-electron chi connectivity index (χ1n) is 13.9. The van der Waals surface area contributed by atoms with E-state index in [1.54, 1.807) is 24.3 Å². The fourth-order valence-corrected chi connectivity index (χ4v) is 4.40. The monoisotopic (exact) mass is 526 g/mol. The van der Waals surface area contributed by atoms with E-state index in [2.05, 4.69) is 13.8 Å². The highest BCUT2D eigenvalue weighted by atomic mass is 16.5. The standard InChI is InChI=1S/C31H42O7/c1-3-30(21-35-22-30)19-33-16-5-6-17-37-27-11-13-28(14-12-27)38-29(32)26-9-7-25(8-10-26)15-18-34-20-31(4-2)23-36-24-31/h7-14H,3-6,15-24H2,1-2H3. The van der Waals surface area contributed by atoms with Crippen LogP contribution in [0.4, 0.5) is 0 Å². The third-order valence-corrected chi connectivity index (χ3v) is 7.66. The predicted molar refractivity (Wildman–Crippen MR) is 145 cm³/mol. The van der Waals surface area contributed by atoms with Crippen molar-refractivity contribution < 1.29 is 33.2 Å². The Balaban J connectivity index is 1.09. The summed E-state index contributed by atoms with van der Waals surface area (Å²) in [6.45, 7) is 11.1. The number of unbranched alkanes of at least 4 members (excludes halogenated alkanes) is 1. The summed E-state index contributed by atoms with van der Waals surface area (Å²) in [4.78, 5) is 12.5. The van der Waals surface area contributed by atoms with Gasteiger partial charge in [-0.2, -0.15) is 0 Å². The largest absolute Gasteiger partial charge is 0.494 e. The van der Waals surface area contributed by atoms with E-state index in [9.17, 15) is 4.79 Å². The summed E-state index contributed by atoms with van der Waals surface area (Å²) in [5.74, 6) is 0.862. The van der Waals surface area contributed by atoms with Crippen molar-refractivity contribution in [1.29, 1.82) is 0 Å². The van der Waals surface area contributed by atoms with Crippen LogP contribution in [-0.2, 0) is 25.4 Å². The summed E-state index contributed by atoms with van der Waals surface area (Å²) < 4.78 is 33.7. The molecule has 208 valence electrons. The molecular weight excluding hydrogens is 484 g/mol. The molecule has 0 aliphatic carbocycles. The molecule has 2 aliphatic rings. The number of carbonyl (C=O) groups is 1. The average molecular weight is 527 g/mol. The van der Waals surface area contributed by atoms with Crippen LogP contribution in [0.1, 0.15) is 55.5 Å². The Hall–Kier alpha value is -2.45. The van der Waals surface area contributed by atoms with Crippen LogP contribution in [-0.4, -0.2) is 65.4 Å². The van der Waals surface area contributed by atoms with Gasteiger partial charge in [-0.05, 0) is 74.1 Å². The zero-order valence-electron chi connectivity index (χ0n) is 22.9. The van der Waals surface area contributed by atoms with Crippen LogP contribution in [0.3, 0.4) is 0 Å². The van der Waals surface area contributed by atoms with Gasteiger partial charge in [0.1, 0.15) is 11.5 Å². The number of rotatable bonds is 17. The fourth-order valence-electron chi connectivity index (χ4n) is 4.40. The molecule has 0 spiro atoms. The van der Waals surface area contributed by atoms with E-state index in [0.717, 1.165) is 89.7 Å². The Kier molecular flexibility index (Phi) is 10.6. The molecule has 0 amide bonds. The minimum absolute atomic E-state index is 0.205. The first-order chi connectivity index (χ1) is 18.6. The molecule has 0 aromatic heterocycles. The molecule has 0 bridgehead atoms. The van der Waals surface area contributed by atoms with Gasteiger partial charge in [-0.1, -0.05) is 26.0 Å². The third-order valence-electron chi connectivity index (χ3n) is 7.66. The number of benzene rings is 2. The number of esters is 1. The summed E-state index contributed by atoms with van der Waals surface area (Å²) in [5, 5.41) is 0. The first kappa shape index (κ1) is 28.6. The maximum atomic E-state index is 12.5. The minimum atomic E-state index is -0.380. The molecule has 2 aromatic carbocycles. The van der Waals surface area contributed by atoms with Crippen molar-refractivity contribution >= 4 is 5.97 Å². The van der Waals surface area contributed by atoms with Crippen molar-refractivity contribution in [3.63, 3.8) is 0 Å². The Bertz CT molecular complexity index is 967. The highest BCUT2D eigenvalue weighted by molar-refractivity contribution is 5.91. The summed E-state index contributed by atoms with van der Waals surface area (Å²) in [6.07, 6.45) is 4.85. The fraction of sp³-hybridized carbons (Fsp3) is 0.581. The highest BCUT2D eigenvalue weighted by Gasteiger charge is 2.37. The van der Waals surface area contributed by atoms with Crippen molar-refractivity contribution in [2.24, 2.45) is 10.8 Å². The lowest BCUT2D eigenvalue weighted by Gasteiger charge is -2.40. The summed E-state index contributed by atoms with van der Waals surface area (Å²) in [5.41, 5.74) is 2.09. The van der Waals surface area contributed by atoms with Gasteiger partial charge in [0, 0.05) is 17.4 Å². The molecular formula is C31H42O7. The second kappa shape index (κ2) is 14.1. The smallest absolute Gasteiger partial charge is 0.343 e. The molecule has 7 nitrogen and oxygen atoms in total. The van der Waals surface area contributed by atoms with E-state index in [1.165, 1.54) is 0 Å². The lowest BCUT2D eigenvalue weighted by molar-refractivity contribution is -0.150. The van der Waals surface area contributed by atoms with Gasteiger partial charge < -0.3 is 28.4 Å². The topological polar surface area (TPSA) is 72.5 Å². The Morgan fingerprint density at radius 1 is 0.737 bits per heavy atom. The lowest BCUT2D eigenvalue weighted by Crippen LogP contribution is -2.45. The summed E-state index contributed by atoms with van der Waals surface area (Å²) >= 11 is 0. The third kappa shape index (κ3) is 8.03. The van der Waals surface area contributed by atoms with Gasteiger partial charge in [-0.15, -0.1) is 0 Å². The van der Waals surface area contributed by atoms with E-state index in [1.807, 2.05) is 24.3 Å². The van der Waals surface area contributed by atoms with Gasteiger partial charge in [-0.25, -0.2) is 4.79 Å². The second-order valence-corrected chi connectivity index (χ2v) is 10.7. The molecule has 2 aromatic rings. The van der Waals surface area contributed by atoms with Crippen molar-refractivity contribution in [1.82, 2.24) is 0 Å². The van der Waals surface area contributed by atoms with Crippen LogP contribution in [0.25, 0.3) is 0 Å². The number of hydrogen-bond acceptors (Lipinski definition) is 7. The van der Waals surface area contributed by atoms with E-state index in [-0.39, 0.29) is 16.8 Å². The molecule has 2 heterocycles. The Morgan fingerprint density at radius 2 is 1.29 bits per heavy atom. The van der Waals surface area contributed by atoms with Crippen molar-refractivity contribution in [2.75, 3.05) is 59.5 Å². The van der Waals surface area contributed by atoms with Crippen LogP contribution in [0.2, 0.25) is 0 Å². The summed E-state index contributed by atoms with van der Waals surface area (Å²) in [6, 6.07) is 14.7. The van der Waals surface area contributed by atoms with Gasteiger partial charge in [-0.3, -0.25) is 0 Å². The molecule has 0 atom stereocenters. The molecule has 7 heteroatoms. The van der Waals surface area contributed by atoms with E-state index < -0.39 is 0 Å². The molecule has 2 saturated heterocycles. The second-order valence-electron chi connectivity index (χ2n) is 10.7. The van der Waals surface area contributed by atoms with Gasteiger partial charge >= 0.3 is 5.97 Å². The zero-order valence-corrected chi connectivity index (χ0v) is 22.9. The van der Waals surface area contributed by atoms with Gasteiger partial charge in [0.05, 0.1) is 58.4 Å². The first-order valence-corrected chi connectivity index (χ1v) is 13.9. The normalized spacial score (nSPS) is 17.3. The van der Waals surface area contributed by atoms with Crippen LogP contribution in [0.5, 0.6) is 11.5 Å². The van der Waals surface area contributed by atoms with E-state index >= 15 is 0 Å². The molecule has 0 N–H and O–H groups in total. The van der Waals surface area contributed by atoms with Gasteiger partial charge in [0.25, 0.3) is 0 Å². The van der Waals surface area contributed by atoms with Gasteiger partial charge in [0.2, 0.25) is 0 Å². The average Bonchev–Trinajstić information content (AvgIpc) is 2.90. The van der Waals surface area contributed by atoms with Crippen LogP contribution in [0.15, 0.2) is 48.5 Å². The number of hydrogen-bond donors (Lipinski definition) is 0. The maximum Gasteiger partial charge on any atom is 0.343 e. The molecule has 0 unspecified atom stereocenters. The lowest BCUT2D eigenvalue weighted by atomic mass is 9.84. The molecule has 4 rings (SSSR count). The molecule has 2 fully saturated rings. The zero-order chi connectivity index (χ0) is 26.7. The molecule has 38 heavy (non-hydrogen) atoms. The van der Waals surface area contributed by atoms with Crippen molar-refractivity contribution in [2.45, 2.75) is 46.0 Å². The van der Waals surface area contributed by atoms with Crippen molar-refractivity contribution in [3.8, 4) is 11.5 Å². The highest BCUT2D eigenvalue weighted by Crippen LogP contribution is 2.32. The van der Waals surface area contributed by atoms with Crippen molar-refractivity contribution in [3.05, 3.63) is 59.7 Å². The quantitative estimate of drug-likeness (QED) is 0.153. The van der Waals surface area contributed by atoms with Crippen LogP contribution in [0, 0.1) is 10.8 Å². The van der Waals surface area contributed by atoms with Crippen LogP contribution >= 0.6 is 0 Å². The SMILES string of the molecule is CCC1(COCCCCOc2ccc(OC(=O)c3ccc(CCOCC4(CC)COC4)cc3)cc2)COC1. The predicted octanol–water partition coefficient (Wildman–Crippen LogP) is 5.49. The summed E-state index contributed by atoms with van der Waals surface area (Å²) in [7, 11) is 0. The number of carbonyl (C=O) groups excluding carboxylic acids is 1. The molecule has 0 saturated carbocycles. The van der Waals surface area contributed by atoms with Crippen LogP contribution < -0.4 is 9.47 Å². The Morgan fingerprint density at radius 3 is 1.84 bits per heavy atom. The molecule has 0 radical (unpaired) electrons. The number of ether oxygens (including phenoxy) is 6. The van der Waals surface area contributed by atoms with E-state index in [4.69, 9.17) is 28.4 Å². The van der Waals surface area contributed by atoms with Gasteiger partial charge in [0.15, 0.2) is 0 Å². The minimum Gasteiger partial charge on any atom is -0.494 e. The van der Waals surface area contributed by atoms with E-state index in [0.29, 0.717) is 24.5 Å². The molecule has 2 aliphatic heterocycles. The Labute approximate surface area is 226 Å². The maximum absolute atomic E-state index is 12.5.